The van der Waals surface area contributed by atoms with E-state index in [1.807, 2.05) is 13.8 Å². The first-order chi connectivity index (χ1) is 12.1. The number of piperidine rings is 1. The van der Waals surface area contributed by atoms with Gasteiger partial charge in [-0.15, -0.1) is 0 Å². The molecule has 1 saturated heterocycles. The van der Waals surface area contributed by atoms with Gasteiger partial charge in [0.1, 0.15) is 11.6 Å². The number of nitrogens with zero attached hydrogens (tertiary/aromatic N) is 2. The molecule has 0 aromatic heterocycles. The Morgan fingerprint density at radius 1 is 1.24 bits per heavy atom. The van der Waals surface area contributed by atoms with Gasteiger partial charge in [-0.25, -0.2) is 8.78 Å². The molecule has 25 heavy (non-hydrogen) atoms. The maximum Gasteiger partial charge on any atom is 0.194 e. The highest BCUT2D eigenvalue weighted by Crippen LogP contribution is 2.43. The number of guanidine groups is 1. The van der Waals surface area contributed by atoms with Gasteiger partial charge in [-0.3, -0.25) is 4.99 Å². The Balaban J connectivity index is 1.60. The minimum absolute atomic E-state index is 0.0429. The van der Waals surface area contributed by atoms with E-state index in [1.165, 1.54) is 18.2 Å². The average Bonchev–Trinajstić information content (AvgIpc) is 3.34. The Hall–Kier alpha value is -1.69. The molecule has 6 heteroatoms. The van der Waals surface area contributed by atoms with Gasteiger partial charge in [-0.05, 0) is 45.2 Å². The Morgan fingerprint density at radius 2 is 1.92 bits per heavy atom. The maximum atomic E-state index is 13.9. The van der Waals surface area contributed by atoms with Gasteiger partial charge in [0.05, 0.1) is 6.10 Å². The lowest BCUT2D eigenvalue weighted by atomic mass is 10.1. The first-order valence-electron chi connectivity index (χ1n) is 9.25. The molecule has 1 aromatic carbocycles. The van der Waals surface area contributed by atoms with E-state index in [-0.39, 0.29) is 17.5 Å². The highest BCUT2D eigenvalue weighted by molar-refractivity contribution is 5.81. The van der Waals surface area contributed by atoms with Crippen LogP contribution in [0.15, 0.2) is 23.2 Å². The SMILES string of the molecule is CCN=C(NC1CC1c1c(F)cccc1F)N1CCC(OCC)CC1. The second kappa shape index (κ2) is 8.13. The fourth-order valence-electron chi connectivity index (χ4n) is 3.56. The summed E-state index contributed by atoms with van der Waals surface area (Å²) in [5.41, 5.74) is 0.200. The standard InChI is InChI=1S/C19H27F2N3O/c1-3-22-19(24-10-8-13(9-11-24)25-4-2)23-17-12-14(17)18-15(20)6-5-7-16(18)21/h5-7,13-14,17H,3-4,8-12H2,1-2H3,(H,22,23). The lowest BCUT2D eigenvalue weighted by molar-refractivity contribution is 0.0263. The van der Waals surface area contributed by atoms with Crippen molar-refractivity contribution in [2.24, 2.45) is 4.99 Å². The fraction of sp³-hybridized carbons (Fsp3) is 0.632. The molecule has 2 unspecified atom stereocenters. The van der Waals surface area contributed by atoms with Crippen LogP contribution in [0.5, 0.6) is 0 Å². The van der Waals surface area contributed by atoms with Crippen molar-refractivity contribution in [3.8, 4) is 0 Å². The number of likely N-dealkylation sites (tertiary alicyclic amines) is 1. The smallest absolute Gasteiger partial charge is 0.194 e. The molecule has 2 aliphatic rings. The van der Waals surface area contributed by atoms with E-state index in [0.717, 1.165) is 44.9 Å². The molecule has 0 spiro atoms. The van der Waals surface area contributed by atoms with Crippen LogP contribution in [0.4, 0.5) is 8.78 Å². The number of aliphatic imine (C=N–C) groups is 1. The zero-order valence-electron chi connectivity index (χ0n) is 15.0. The topological polar surface area (TPSA) is 36.9 Å². The molecule has 138 valence electrons. The Labute approximate surface area is 148 Å². The predicted molar refractivity (Wildman–Crippen MR) is 94.8 cm³/mol. The molecule has 3 rings (SSSR count). The largest absolute Gasteiger partial charge is 0.378 e. The molecule has 1 N–H and O–H groups in total. The predicted octanol–water partition coefficient (Wildman–Crippen LogP) is 3.29. The molecule has 0 bridgehead atoms. The van der Waals surface area contributed by atoms with E-state index in [9.17, 15) is 8.78 Å². The van der Waals surface area contributed by atoms with Crippen molar-refractivity contribution in [3.63, 3.8) is 0 Å². The van der Waals surface area contributed by atoms with Crippen molar-refractivity contribution in [2.75, 3.05) is 26.2 Å². The number of benzene rings is 1. The highest BCUT2D eigenvalue weighted by Gasteiger charge is 2.43. The summed E-state index contributed by atoms with van der Waals surface area (Å²) in [4.78, 5) is 6.80. The molecule has 2 fully saturated rings. The first-order valence-corrected chi connectivity index (χ1v) is 9.25. The zero-order valence-corrected chi connectivity index (χ0v) is 15.0. The number of ether oxygens (including phenoxy) is 1. The number of hydrogen-bond acceptors (Lipinski definition) is 2. The van der Waals surface area contributed by atoms with Crippen molar-refractivity contribution in [3.05, 3.63) is 35.4 Å². The van der Waals surface area contributed by atoms with Crippen molar-refractivity contribution in [2.45, 2.75) is 51.2 Å². The monoisotopic (exact) mass is 351 g/mol. The van der Waals surface area contributed by atoms with Crippen molar-refractivity contribution in [1.82, 2.24) is 10.2 Å². The van der Waals surface area contributed by atoms with Crippen LogP contribution in [-0.4, -0.2) is 49.2 Å². The van der Waals surface area contributed by atoms with Crippen LogP contribution in [0, 0.1) is 11.6 Å². The summed E-state index contributed by atoms with van der Waals surface area (Å²) in [6, 6.07) is 4.10. The molecule has 1 saturated carbocycles. The Morgan fingerprint density at radius 3 is 2.52 bits per heavy atom. The van der Waals surface area contributed by atoms with Crippen LogP contribution in [0.2, 0.25) is 0 Å². The van der Waals surface area contributed by atoms with Gasteiger partial charge in [-0.2, -0.15) is 0 Å². The lowest BCUT2D eigenvalue weighted by Crippen LogP contribution is -2.48. The second-order valence-electron chi connectivity index (χ2n) is 6.67. The third-order valence-electron chi connectivity index (χ3n) is 4.93. The van der Waals surface area contributed by atoms with Crippen molar-refractivity contribution in [1.29, 1.82) is 0 Å². The summed E-state index contributed by atoms with van der Waals surface area (Å²) in [6.45, 7) is 7.22. The third-order valence-corrected chi connectivity index (χ3v) is 4.93. The first kappa shape index (κ1) is 18.1. The van der Waals surface area contributed by atoms with E-state index in [2.05, 4.69) is 15.2 Å². The molecule has 4 nitrogen and oxygen atoms in total. The number of rotatable bonds is 5. The van der Waals surface area contributed by atoms with E-state index in [0.29, 0.717) is 12.6 Å². The molecule has 0 amide bonds. The summed E-state index contributed by atoms with van der Waals surface area (Å²) < 4.78 is 33.6. The molecule has 0 radical (unpaired) electrons. The van der Waals surface area contributed by atoms with Crippen LogP contribution in [0.25, 0.3) is 0 Å². The minimum atomic E-state index is -0.458. The lowest BCUT2D eigenvalue weighted by Gasteiger charge is -2.34. The van der Waals surface area contributed by atoms with E-state index in [1.54, 1.807) is 0 Å². The zero-order chi connectivity index (χ0) is 17.8. The van der Waals surface area contributed by atoms with Crippen LogP contribution >= 0.6 is 0 Å². The summed E-state index contributed by atoms with van der Waals surface area (Å²) >= 11 is 0. The van der Waals surface area contributed by atoms with Gasteiger partial charge in [0.15, 0.2) is 5.96 Å². The quantitative estimate of drug-likeness (QED) is 0.653. The summed E-state index contributed by atoms with van der Waals surface area (Å²) in [5, 5.41) is 3.41. The van der Waals surface area contributed by atoms with Crippen LogP contribution in [-0.2, 0) is 4.74 Å². The second-order valence-corrected chi connectivity index (χ2v) is 6.67. The Bertz CT molecular complexity index is 594. The summed E-state index contributed by atoms with van der Waals surface area (Å²) in [5.74, 6) is -0.187. The van der Waals surface area contributed by atoms with Gasteiger partial charge in [0.25, 0.3) is 0 Å². The molecule has 1 aliphatic heterocycles. The summed E-state index contributed by atoms with van der Waals surface area (Å²) in [6.07, 6.45) is 3.02. The molecule has 1 heterocycles. The van der Waals surface area contributed by atoms with Gasteiger partial charge >= 0.3 is 0 Å². The van der Waals surface area contributed by atoms with Gasteiger partial charge in [0, 0.05) is 43.8 Å². The Kier molecular flexibility index (Phi) is 5.89. The summed E-state index contributed by atoms with van der Waals surface area (Å²) in [7, 11) is 0. The molecule has 2 atom stereocenters. The molecular formula is C19H27F2N3O. The van der Waals surface area contributed by atoms with Gasteiger partial charge in [0.2, 0.25) is 0 Å². The normalized spacial score (nSPS) is 24.5. The number of halogens is 2. The number of nitrogens with one attached hydrogen (secondary N) is 1. The third kappa shape index (κ3) is 4.29. The molecule has 1 aromatic rings. The van der Waals surface area contributed by atoms with E-state index >= 15 is 0 Å². The fourth-order valence-corrected chi connectivity index (χ4v) is 3.56. The van der Waals surface area contributed by atoms with Crippen LogP contribution < -0.4 is 5.32 Å². The van der Waals surface area contributed by atoms with Gasteiger partial charge < -0.3 is 15.0 Å². The molecule has 1 aliphatic carbocycles. The molecular weight excluding hydrogens is 324 g/mol. The highest BCUT2D eigenvalue weighted by atomic mass is 19.1. The van der Waals surface area contributed by atoms with Crippen molar-refractivity contribution >= 4 is 5.96 Å². The van der Waals surface area contributed by atoms with E-state index < -0.39 is 11.6 Å². The van der Waals surface area contributed by atoms with Gasteiger partial charge in [-0.1, -0.05) is 6.07 Å². The minimum Gasteiger partial charge on any atom is -0.378 e. The average molecular weight is 351 g/mol. The van der Waals surface area contributed by atoms with Crippen molar-refractivity contribution < 1.29 is 13.5 Å². The van der Waals surface area contributed by atoms with Crippen LogP contribution in [0.3, 0.4) is 0 Å². The maximum absolute atomic E-state index is 13.9. The number of hydrogen-bond donors (Lipinski definition) is 1. The van der Waals surface area contributed by atoms with E-state index in [4.69, 9.17) is 4.74 Å². The van der Waals surface area contributed by atoms with Crippen LogP contribution in [0.1, 0.15) is 44.6 Å².